The third kappa shape index (κ3) is 4.38. The summed E-state index contributed by atoms with van der Waals surface area (Å²) in [6, 6.07) is 11.7. The number of halogens is 3. The van der Waals surface area contributed by atoms with Crippen molar-refractivity contribution in [3.63, 3.8) is 0 Å². The molecule has 0 saturated heterocycles. The molecule has 7 heteroatoms. The van der Waals surface area contributed by atoms with Gasteiger partial charge in [0.15, 0.2) is 0 Å². The topological polar surface area (TPSA) is 49.4 Å². The Labute approximate surface area is 148 Å². The number of rotatable bonds is 4. The second-order valence-corrected chi connectivity index (χ2v) is 5.92. The molecule has 0 unspecified atom stereocenters. The van der Waals surface area contributed by atoms with Gasteiger partial charge in [-0.3, -0.25) is 9.59 Å². The smallest absolute Gasteiger partial charge is 0.244 e. The Morgan fingerprint density at radius 1 is 0.957 bits per heavy atom. The van der Waals surface area contributed by atoms with Crippen LogP contribution in [0.25, 0.3) is 0 Å². The standard InChI is InChI=1S/C16H13Cl3N2O2/c1-10(22)21(14-8-3-2-5-11(14)17)9-15(23)20-16-12(18)6-4-7-13(16)19/h2-8H,9H2,1H3,(H,20,23). The van der Waals surface area contributed by atoms with Crippen LogP contribution in [-0.2, 0) is 9.59 Å². The fourth-order valence-corrected chi connectivity index (χ4v) is 2.71. The number of carbonyl (C=O) groups is 2. The van der Waals surface area contributed by atoms with Crippen LogP contribution in [0.1, 0.15) is 6.92 Å². The largest absolute Gasteiger partial charge is 0.322 e. The molecule has 2 aromatic rings. The third-order valence-corrected chi connectivity index (χ3v) is 4.00. The van der Waals surface area contributed by atoms with Gasteiger partial charge in [0, 0.05) is 6.92 Å². The van der Waals surface area contributed by atoms with E-state index in [4.69, 9.17) is 34.8 Å². The highest BCUT2D eigenvalue weighted by molar-refractivity contribution is 6.39. The SMILES string of the molecule is CC(=O)N(CC(=O)Nc1c(Cl)cccc1Cl)c1ccccc1Cl. The van der Waals surface area contributed by atoms with Crippen LogP contribution in [0.2, 0.25) is 15.1 Å². The van der Waals surface area contributed by atoms with Gasteiger partial charge in [0.05, 0.1) is 26.4 Å². The van der Waals surface area contributed by atoms with Crippen molar-refractivity contribution >= 4 is 58.0 Å². The first-order chi connectivity index (χ1) is 10.9. The van der Waals surface area contributed by atoms with Crippen molar-refractivity contribution in [2.75, 3.05) is 16.8 Å². The van der Waals surface area contributed by atoms with Gasteiger partial charge < -0.3 is 10.2 Å². The molecule has 2 amide bonds. The maximum absolute atomic E-state index is 12.3. The molecule has 1 N–H and O–H groups in total. The van der Waals surface area contributed by atoms with Crippen molar-refractivity contribution < 1.29 is 9.59 Å². The van der Waals surface area contributed by atoms with Crippen molar-refractivity contribution in [1.82, 2.24) is 0 Å². The van der Waals surface area contributed by atoms with Gasteiger partial charge in [0.25, 0.3) is 0 Å². The number of para-hydroxylation sites is 2. The summed E-state index contributed by atoms with van der Waals surface area (Å²) in [6.45, 7) is 1.15. The molecule has 0 fully saturated rings. The van der Waals surface area contributed by atoms with Gasteiger partial charge in [-0.1, -0.05) is 53.0 Å². The van der Waals surface area contributed by atoms with Gasteiger partial charge in [-0.25, -0.2) is 0 Å². The summed E-state index contributed by atoms with van der Waals surface area (Å²) >= 11 is 18.1. The van der Waals surface area contributed by atoms with E-state index in [2.05, 4.69) is 5.32 Å². The van der Waals surface area contributed by atoms with Gasteiger partial charge >= 0.3 is 0 Å². The highest BCUT2D eigenvalue weighted by Gasteiger charge is 2.19. The molecule has 23 heavy (non-hydrogen) atoms. The van der Waals surface area contributed by atoms with E-state index in [1.54, 1.807) is 42.5 Å². The van der Waals surface area contributed by atoms with Gasteiger partial charge in [0.2, 0.25) is 11.8 Å². The lowest BCUT2D eigenvalue weighted by molar-refractivity contribution is -0.120. The molecule has 0 aliphatic heterocycles. The monoisotopic (exact) mass is 370 g/mol. The average Bonchev–Trinajstić information content (AvgIpc) is 2.49. The van der Waals surface area contributed by atoms with E-state index in [9.17, 15) is 9.59 Å². The minimum absolute atomic E-state index is 0.208. The normalized spacial score (nSPS) is 10.3. The average molecular weight is 372 g/mol. The summed E-state index contributed by atoms with van der Waals surface area (Å²) in [4.78, 5) is 25.4. The first-order valence-electron chi connectivity index (χ1n) is 6.66. The maximum Gasteiger partial charge on any atom is 0.244 e. The van der Waals surface area contributed by atoms with Crippen LogP contribution in [0.15, 0.2) is 42.5 Å². The molecule has 2 rings (SSSR count). The highest BCUT2D eigenvalue weighted by Crippen LogP contribution is 2.30. The quantitative estimate of drug-likeness (QED) is 0.851. The van der Waals surface area contributed by atoms with Crippen LogP contribution in [0.3, 0.4) is 0 Å². The van der Waals surface area contributed by atoms with E-state index in [1.165, 1.54) is 11.8 Å². The summed E-state index contributed by atoms with van der Waals surface area (Å²) in [7, 11) is 0. The number of carbonyl (C=O) groups excluding carboxylic acids is 2. The Morgan fingerprint density at radius 3 is 2.09 bits per heavy atom. The molecule has 0 spiro atoms. The van der Waals surface area contributed by atoms with Crippen LogP contribution >= 0.6 is 34.8 Å². The van der Waals surface area contributed by atoms with E-state index in [0.29, 0.717) is 26.4 Å². The molecule has 0 saturated carbocycles. The van der Waals surface area contributed by atoms with Crippen molar-refractivity contribution in [3.05, 3.63) is 57.5 Å². The molecular weight excluding hydrogens is 359 g/mol. The first-order valence-corrected chi connectivity index (χ1v) is 7.80. The van der Waals surface area contributed by atoms with Crippen molar-refractivity contribution in [2.24, 2.45) is 0 Å². The van der Waals surface area contributed by atoms with Crippen LogP contribution in [-0.4, -0.2) is 18.4 Å². The molecular formula is C16H13Cl3N2O2. The Bertz CT molecular complexity index is 730. The number of anilines is 2. The van der Waals surface area contributed by atoms with E-state index in [-0.39, 0.29) is 12.5 Å². The zero-order valence-electron chi connectivity index (χ0n) is 12.1. The van der Waals surface area contributed by atoms with Crippen molar-refractivity contribution in [2.45, 2.75) is 6.92 Å². The predicted octanol–water partition coefficient (Wildman–Crippen LogP) is 4.64. The Balaban J connectivity index is 2.20. The molecule has 0 aliphatic rings. The number of nitrogens with zero attached hydrogens (tertiary/aromatic N) is 1. The molecule has 120 valence electrons. The van der Waals surface area contributed by atoms with Crippen LogP contribution in [0.4, 0.5) is 11.4 Å². The van der Waals surface area contributed by atoms with Gasteiger partial charge in [0.1, 0.15) is 6.54 Å². The lowest BCUT2D eigenvalue weighted by Gasteiger charge is -2.22. The van der Waals surface area contributed by atoms with E-state index in [1.807, 2.05) is 0 Å². The molecule has 2 aromatic carbocycles. The fourth-order valence-electron chi connectivity index (χ4n) is 1.98. The second-order valence-electron chi connectivity index (χ2n) is 4.70. The fraction of sp³-hybridized carbons (Fsp3) is 0.125. The molecule has 0 radical (unpaired) electrons. The van der Waals surface area contributed by atoms with Gasteiger partial charge in [-0.05, 0) is 24.3 Å². The Kier molecular flexibility index (Phi) is 5.88. The summed E-state index contributed by atoms with van der Waals surface area (Å²) in [5, 5.41) is 3.63. The number of amides is 2. The second kappa shape index (κ2) is 7.68. The number of benzene rings is 2. The van der Waals surface area contributed by atoms with Crippen LogP contribution < -0.4 is 10.2 Å². The number of hydrogen-bond donors (Lipinski definition) is 1. The maximum atomic E-state index is 12.3. The molecule has 0 aliphatic carbocycles. The summed E-state index contributed by atoms with van der Waals surface area (Å²) in [5.41, 5.74) is 0.769. The lowest BCUT2D eigenvalue weighted by Crippen LogP contribution is -2.36. The van der Waals surface area contributed by atoms with E-state index in [0.717, 1.165) is 0 Å². The van der Waals surface area contributed by atoms with Crippen LogP contribution in [0, 0.1) is 0 Å². The zero-order valence-corrected chi connectivity index (χ0v) is 14.4. The van der Waals surface area contributed by atoms with Gasteiger partial charge in [-0.15, -0.1) is 0 Å². The zero-order chi connectivity index (χ0) is 17.0. The van der Waals surface area contributed by atoms with Gasteiger partial charge in [-0.2, -0.15) is 0 Å². The summed E-state index contributed by atoms with van der Waals surface area (Å²) in [6.07, 6.45) is 0. The Hall–Kier alpha value is -1.75. The van der Waals surface area contributed by atoms with Crippen molar-refractivity contribution in [3.8, 4) is 0 Å². The number of nitrogens with one attached hydrogen (secondary N) is 1. The Morgan fingerprint density at radius 2 is 1.52 bits per heavy atom. The molecule has 0 heterocycles. The first kappa shape index (κ1) is 17.6. The molecule has 4 nitrogen and oxygen atoms in total. The third-order valence-electron chi connectivity index (χ3n) is 3.05. The molecule has 0 bridgehead atoms. The number of hydrogen-bond acceptors (Lipinski definition) is 2. The highest BCUT2D eigenvalue weighted by atomic mass is 35.5. The molecule has 0 aromatic heterocycles. The van der Waals surface area contributed by atoms with E-state index < -0.39 is 5.91 Å². The minimum Gasteiger partial charge on any atom is -0.322 e. The molecule has 0 atom stereocenters. The van der Waals surface area contributed by atoms with E-state index >= 15 is 0 Å². The van der Waals surface area contributed by atoms with Crippen molar-refractivity contribution in [1.29, 1.82) is 0 Å². The minimum atomic E-state index is -0.435. The summed E-state index contributed by atoms with van der Waals surface area (Å²) in [5.74, 6) is -0.742. The summed E-state index contributed by atoms with van der Waals surface area (Å²) < 4.78 is 0. The lowest BCUT2D eigenvalue weighted by atomic mass is 10.2. The predicted molar refractivity (Wildman–Crippen MR) is 94.6 cm³/mol. The van der Waals surface area contributed by atoms with Crippen LogP contribution in [0.5, 0.6) is 0 Å².